The summed E-state index contributed by atoms with van der Waals surface area (Å²) in [6.45, 7) is 11.5. The first kappa shape index (κ1) is 17.7. The third kappa shape index (κ3) is 3.85. The normalized spacial score (nSPS) is 14.2. The summed E-state index contributed by atoms with van der Waals surface area (Å²) in [7, 11) is -3.73. The number of carbonyl (C=O) groups is 1. The zero-order valence-electron chi connectivity index (χ0n) is 13.4. The number of sulfonamides is 1. The molecule has 120 valence electrons. The minimum absolute atomic E-state index is 0.0169. The number of H-pyrrole nitrogens is 1. The van der Waals surface area contributed by atoms with Gasteiger partial charge < -0.3 is 10.1 Å². The van der Waals surface area contributed by atoms with Gasteiger partial charge in [-0.05, 0) is 25.2 Å². The number of aryl methyl sites for hydroxylation is 1. The molecule has 1 rings (SSSR count). The summed E-state index contributed by atoms with van der Waals surface area (Å²) in [6.07, 6.45) is 0. The van der Waals surface area contributed by atoms with Crippen molar-refractivity contribution in [3.63, 3.8) is 0 Å². The molecule has 21 heavy (non-hydrogen) atoms. The summed E-state index contributed by atoms with van der Waals surface area (Å²) in [6, 6.07) is 0. The number of carboxylic acid groups (broad SMARTS) is 1. The van der Waals surface area contributed by atoms with Crippen molar-refractivity contribution < 1.29 is 18.3 Å². The highest BCUT2D eigenvalue weighted by molar-refractivity contribution is 7.89. The maximum absolute atomic E-state index is 12.4. The molecule has 0 bridgehead atoms. The van der Waals surface area contributed by atoms with Crippen LogP contribution in [0.4, 0.5) is 0 Å². The van der Waals surface area contributed by atoms with Gasteiger partial charge in [-0.2, -0.15) is 0 Å². The lowest BCUT2D eigenvalue weighted by molar-refractivity contribution is 0.0690. The second-order valence-corrected chi connectivity index (χ2v) is 8.21. The van der Waals surface area contributed by atoms with Gasteiger partial charge >= 0.3 is 5.97 Å². The second kappa shape index (κ2) is 5.81. The molecule has 0 saturated carbocycles. The first-order valence-corrected chi connectivity index (χ1v) is 8.28. The summed E-state index contributed by atoms with van der Waals surface area (Å²) in [5, 5.41) is 9.05. The van der Waals surface area contributed by atoms with Gasteiger partial charge in [0.1, 0.15) is 10.6 Å². The second-order valence-electron chi connectivity index (χ2n) is 6.50. The summed E-state index contributed by atoms with van der Waals surface area (Å²) < 4.78 is 27.4. The van der Waals surface area contributed by atoms with Crippen LogP contribution in [0.25, 0.3) is 0 Å². The van der Waals surface area contributed by atoms with Gasteiger partial charge in [0.25, 0.3) is 0 Å². The van der Waals surface area contributed by atoms with Crippen molar-refractivity contribution in [2.45, 2.75) is 46.4 Å². The quantitative estimate of drug-likeness (QED) is 0.776. The summed E-state index contributed by atoms with van der Waals surface area (Å²) in [4.78, 5) is 13.7. The van der Waals surface area contributed by atoms with E-state index in [0.29, 0.717) is 12.2 Å². The molecule has 1 unspecified atom stereocenters. The van der Waals surface area contributed by atoms with Crippen LogP contribution in [0.5, 0.6) is 0 Å². The van der Waals surface area contributed by atoms with Gasteiger partial charge in [-0.1, -0.05) is 27.7 Å². The molecule has 0 radical (unpaired) electrons. The molecule has 0 fully saturated rings. The molecule has 0 aliphatic heterocycles. The topological polar surface area (TPSA) is 99.3 Å². The minimum Gasteiger partial charge on any atom is -0.477 e. The molecule has 1 atom stereocenters. The van der Waals surface area contributed by atoms with E-state index >= 15 is 0 Å². The van der Waals surface area contributed by atoms with Crippen LogP contribution in [0.15, 0.2) is 4.90 Å². The van der Waals surface area contributed by atoms with Crippen LogP contribution in [0.1, 0.15) is 49.4 Å². The molecule has 1 aromatic heterocycles. The Morgan fingerprint density at radius 3 is 2.24 bits per heavy atom. The van der Waals surface area contributed by atoms with E-state index in [-0.39, 0.29) is 27.5 Å². The van der Waals surface area contributed by atoms with Crippen molar-refractivity contribution >= 4 is 16.0 Å². The van der Waals surface area contributed by atoms with Crippen LogP contribution in [-0.2, 0) is 10.0 Å². The highest BCUT2D eigenvalue weighted by Gasteiger charge is 2.28. The van der Waals surface area contributed by atoms with Crippen molar-refractivity contribution in [2.24, 2.45) is 11.3 Å². The maximum Gasteiger partial charge on any atom is 0.352 e. The Bertz CT molecular complexity index is 639. The fourth-order valence-corrected chi connectivity index (χ4v) is 3.54. The third-order valence-corrected chi connectivity index (χ3v) is 5.61. The third-order valence-electron chi connectivity index (χ3n) is 3.91. The number of carboxylic acids is 1. The number of aromatic carboxylic acids is 1. The monoisotopic (exact) mass is 316 g/mol. The number of nitrogens with one attached hydrogen (secondary N) is 2. The Labute approximate surface area is 126 Å². The van der Waals surface area contributed by atoms with Crippen LogP contribution >= 0.6 is 0 Å². The van der Waals surface area contributed by atoms with Crippen molar-refractivity contribution in [1.29, 1.82) is 0 Å². The SMILES string of the molecule is Cc1[nH]c(C(=O)O)c(C)c1S(=O)(=O)NCC(C)C(C)(C)C. The first-order valence-electron chi connectivity index (χ1n) is 6.80. The number of aromatic amines is 1. The lowest BCUT2D eigenvalue weighted by Gasteiger charge is -2.27. The van der Waals surface area contributed by atoms with E-state index in [1.165, 1.54) is 6.92 Å². The molecule has 0 saturated heterocycles. The van der Waals surface area contributed by atoms with E-state index < -0.39 is 16.0 Å². The predicted octanol–water partition coefficient (Wildman–Crippen LogP) is 2.29. The maximum atomic E-state index is 12.4. The Hall–Kier alpha value is -1.34. The Kier molecular flexibility index (Phi) is 4.90. The van der Waals surface area contributed by atoms with Gasteiger partial charge in [-0.15, -0.1) is 0 Å². The fourth-order valence-electron chi connectivity index (χ4n) is 1.96. The summed E-state index contributed by atoms with van der Waals surface area (Å²) >= 11 is 0. The molecular formula is C14H24N2O4S. The van der Waals surface area contributed by atoms with Crippen LogP contribution < -0.4 is 4.72 Å². The van der Waals surface area contributed by atoms with Gasteiger partial charge in [0.05, 0.1) is 0 Å². The fraction of sp³-hybridized carbons (Fsp3) is 0.643. The lowest BCUT2D eigenvalue weighted by Crippen LogP contribution is -2.34. The van der Waals surface area contributed by atoms with Crippen molar-refractivity contribution in [3.05, 3.63) is 17.0 Å². The Morgan fingerprint density at radius 2 is 1.86 bits per heavy atom. The largest absolute Gasteiger partial charge is 0.477 e. The van der Waals surface area contributed by atoms with E-state index in [1.54, 1.807) is 6.92 Å². The smallest absolute Gasteiger partial charge is 0.352 e. The molecule has 1 aromatic rings. The standard InChI is InChI=1S/C14H24N2O4S/c1-8(14(4,5)6)7-15-21(19,20)12-9(2)11(13(17)18)16-10(12)3/h8,15-16H,7H2,1-6H3,(H,17,18). The molecule has 7 heteroatoms. The highest BCUT2D eigenvalue weighted by atomic mass is 32.2. The van der Waals surface area contributed by atoms with Crippen LogP contribution in [0, 0.1) is 25.2 Å². The van der Waals surface area contributed by atoms with E-state index in [2.05, 4.69) is 9.71 Å². The molecule has 0 aromatic carbocycles. The van der Waals surface area contributed by atoms with Crippen LogP contribution in [0.2, 0.25) is 0 Å². The van der Waals surface area contributed by atoms with Crippen molar-refractivity contribution in [3.8, 4) is 0 Å². The predicted molar refractivity (Wildman–Crippen MR) is 81.0 cm³/mol. The van der Waals surface area contributed by atoms with Crippen LogP contribution in [-0.4, -0.2) is 31.0 Å². The summed E-state index contributed by atoms with van der Waals surface area (Å²) in [5.41, 5.74) is 0.463. The van der Waals surface area contributed by atoms with Crippen molar-refractivity contribution in [2.75, 3.05) is 6.54 Å². The van der Waals surface area contributed by atoms with Crippen molar-refractivity contribution in [1.82, 2.24) is 9.71 Å². The van der Waals surface area contributed by atoms with Gasteiger partial charge in [0.15, 0.2) is 0 Å². The average molecular weight is 316 g/mol. The molecule has 0 amide bonds. The van der Waals surface area contributed by atoms with Gasteiger partial charge in [-0.25, -0.2) is 17.9 Å². The Morgan fingerprint density at radius 1 is 1.33 bits per heavy atom. The zero-order valence-corrected chi connectivity index (χ0v) is 14.2. The number of hydrogen-bond acceptors (Lipinski definition) is 3. The van der Waals surface area contributed by atoms with Gasteiger partial charge in [-0.3, -0.25) is 0 Å². The molecule has 6 nitrogen and oxygen atoms in total. The molecule has 1 heterocycles. The molecule has 0 spiro atoms. The molecule has 0 aliphatic rings. The minimum atomic E-state index is -3.73. The first-order chi connectivity index (χ1) is 9.38. The lowest BCUT2D eigenvalue weighted by atomic mass is 9.82. The van der Waals surface area contributed by atoms with E-state index in [9.17, 15) is 13.2 Å². The number of aromatic nitrogens is 1. The van der Waals surface area contributed by atoms with Crippen LogP contribution in [0.3, 0.4) is 0 Å². The Balaban J connectivity index is 3.08. The highest BCUT2D eigenvalue weighted by Crippen LogP contribution is 2.26. The molecule has 0 aliphatic carbocycles. The van der Waals surface area contributed by atoms with E-state index in [1.807, 2.05) is 27.7 Å². The zero-order chi connectivity index (χ0) is 16.6. The average Bonchev–Trinajstić information content (AvgIpc) is 2.61. The van der Waals surface area contributed by atoms with E-state index in [4.69, 9.17) is 5.11 Å². The van der Waals surface area contributed by atoms with E-state index in [0.717, 1.165) is 0 Å². The summed E-state index contributed by atoms with van der Waals surface area (Å²) in [5.74, 6) is -1.02. The van der Waals surface area contributed by atoms with Gasteiger partial charge in [0, 0.05) is 17.8 Å². The number of hydrogen-bond donors (Lipinski definition) is 3. The number of rotatable bonds is 5. The van der Waals surface area contributed by atoms with Gasteiger partial charge in [0.2, 0.25) is 10.0 Å². The molecular weight excluding hydrogens is 292 g/mol. The molecule has 3 N–H and O–H groups in total.